The molecule has 0 bridgehead atoms. The highest BCUT2D eigenvalue weighted by molar-refractivity contribution is 5.68. The third kappa shape index (κ3) is 5.52. The van der Waals surface area contributed by atoms with Crippen LogP contribution in [-0.4, -0.2) is 28.1 Å². The Kier molecular flexibility index (Phi) is 7.59. The van der Waals surface area contributed by atoms with Crippen LogP contribution < -0.4 is 4.74 Å². The molecule has 33 heavy (non-hydrogen) atoms. The Labute approximate surface area is 197 Å². The molecule has 1 heterocycles. The van der Waals surface area contributed by atoms with E-state index >= 15 is 0 Å². The van der Waals surface area contributed by atoms with Crippen LogP contribution >= 0.6 is 0 Å². The zero-order chi connectivity index (χ0) is 23.0. The molecule has 0 unspecified atom stereocenters. The molecule has 0 amide bonds. The lowest BCUT2D eigenvalue weighted by molar-refractivity contribution is 0.307. The molecule has 0 radical (unpaired) electrons. The van der Waals surface area contributed by atoms with Gasteiger partial charge in [-0.1, -0.05) is 79.7 Å². The van der Waals surface area contributed by atoms with Crippen molar-refractivity contribution in [3.63, 3.8) is 0 Å². The summed E-state index contributed by atoms with van der Waals surface area (Å²) in [4.78, 5) is 7.54. The molecule has 0 N–H and O–H groups in total. The van der Waals surface area contributed by atoms with Gasteiger partial charge in [0.15, 0.2) is 0 Å². The molecule has 0 fully saturated rings. The molecule has 170 valence electrons. The number of aromatic nitrogens is 2. The van der Waals surface area contributed by atoms with E-state index in [0.717, 1.165) is 54.4 Å². The molecule has 0 atom stereocenters. The fraction of sp³-hybridized carbons (Fsp3) is 0.276. The lowest BCUT2D eigenvalue weighted by Gasteiger charge is -2.20. The summed E-state index contributed by atoms with van der Waals surface area (Å²) < 4.78 is 8.10. The van der Waals surface area contributed by atoms with Crippen molar-refractivity contribution in [3.8, 4) is 28.4 Å². The van der Waals surface area contributed by atoms with Gasteiger partial charge in [-0.3, -0.25) is 4.90 Å². The van der Waals surface area contributed by atoms with Crippen molar-refractivity contribution >= 4 is 0 Å². The van der Waals surface area contributed by atoms with E-state index in [1.54, 1.807) is 0 Å². The first-order valence-corrected chi connectivity index (χ1v) is 11.8. The van der Waals surface area contributed by atoms with Gasteiger partial charge in [0, 0.05) is 30.8 Å². The van der Waals surface area contributed by atoms with Crippen molar-refractivity contribution in [1.82, 2.24) is 14.5 Å². The largest absolute Gasteiger partial charge is 0.494 e. The average Bonchev–Trinajstić information content (AvgIpc) is 3.19. The Morgan fingerprint density at radius 1 is 0.818 bits per heavy atom. The van der Waals surface area contributed by atoms with Crippen LogP contribution in [0.15, 0.2) is 84.9 Å². The van der Waals surface area contributed by atoms with Crippen molar-refractivity contribution in [2.75, 3.05) is 13.7 Å². The second-order valence-electron chi connectivity index (χ2n) is 8.37. The van der Waals surface area contributed by atoms with E-state index < -0.39 is 0 Å². The van der Waals surface area contributed by atoms with Crippen LogP contribution in [-0.2, 0) is 19.6 Å². The van der Waals surface area contributed by atoms with Crippen molar-refractivity contribution in [2.24, 2.45) is 0 Å². The molecule has 4 aromatic rings. The Bertz CT molecular complexity index is 1150. The molecular formula is C29H33N3O. The van der Waals surface area contributed by atoms with Crippen molar-refractivity contribution in [3.05, 3.63) is 96.2 Å². The van der Waals surface area contributed by atoms with Crippen LogP contribution in [0.4, 0.5) is 0 Å². The van der Waals surface area contributed by atoms with E-state index in [2.05, 4.69) is 102 Å². The molecule has 0 saturated heterocycles. The van der Waals surface area contributed by atoms with Gasteiger partial charge >= 0.3 is 0 Å². The Balaban J connectivity index is 1.71. The van der Waals surface area contributed by atoms with E-state index in [4.69, 9.17) is 9.72 Å². The van der Waals surface area contributed by atoms with Crippen LogP contribution in [0.5, 0.6) is 5.75 Å². The normalized spacial score (nSPS) is 11.2. The van der Waals surface area contributed by atoms with E-state index in [0.29, 0.717) is 6.61 Å². The first-order valence-electron chi connectivity index (χ1n) is 11.8. The summed E-state index contributed by atoms with van der Waals surface area (Å²) in [5, 5.41) is 0. The molecule has 0 saturated carbocycles. The summed E-state index contributed by atoms with van der Waals surface area (Å²) in [6.45, 7) is 7.51. The highest BCUT2D eigenvalue weighted by Gasteiger charge is 2.20. The lowest BCUT2D eigenvalue weighted by Crippen LogP contribution is -2.20. The summed E-state index contributed by atoms with van der Waals surface area (Å²) in [6, 6.07) is 29.4. The molecule has 0 aliphatic rings. The van der Waals surface area contributed by atoms with Crippen molar-refractivity contribution < 1.29 is 4.74 Å². The van der Waals surface area contributed by atoms with E-state index in [-0.39, 0.29) is 0 Å². The summed E-state index contributed by atoms with van der Waals surface area (Å²) >= 11 is 0. The minimum Gasteiger partial charge on any atom is -0.494 e. The molecule has 0 aliphatic heterocycles. The number of hydrogen-bond acceptors (Lipinski definition) is 3. The zero-order valence-corrected chi connectivity index (χ0v) is 19.9. The summed E-state index contributed by atoms with van der Waals surface area (Å²) in [6.07, 6.45) is 1.05. The predicted octanol–water partition coefficient (Wildman–Crippen LogP) is 6.66. The number of hydrogen-bond donors (Lipinski definition) is 0. The maximum Gasteiger partial charge on any atom is 0.140 e. The van der Waals surface area contributed by atoms with Crippen molar-refractivity contribution in [2.45, 2.75) is 39.9 Å². The topological polar surface area (TPSA) is 30.3 Å². The number of imidazole rings is 1. The number of ether oxygens (including phenoxy) is 1. The highest BCUT2D eigenvalue weighted by atomic mass is 16.5. The zero-order valence-electron chi connectivity index (χ0n) is 19.9. The van der Waals surface area contributed by atoms with Crippen LogP contribution in [0, 0.1) is 0 Å². The smallest absolute Gasteiger partial charge is 0.140 e. The lowest BCUT2D eigenvalue weighted by atomic mass is 10.1. The molecule has 4 nitrogen and oxygen atoms in total. The van der Waals surface area contributed by atoms with Crippen LogP contribution in [0.3, 0.4) is 0 Å². The van der Waals surface area contributed by atoms with Gasteiger partial charge < -0.3 is 9.30 Å². The Morgan fingerprint density at radius 3 is 2.18 bits per heavy atom. The van der Waals surface area contributed by atoms with Gasteiger partial charge in [0.1, 0.15) is 11.6 Å². The fourth-order valence-corrected chi connectivity index (χ4v) is 4.27. The van der Waals surface area contributed by atoms with Crippen LogP contribution in [0.1, 0.15) is 31.5 Å². The number of nitrogens with zero attached hydrogens (tertiary/aromatic N) is 3. The second-order valence-corrected chi connectivity index (χ2v) is 8.37. The third-order valence-electron chi connectivity index (χ3n) is 5.68. The molecule has 4 rings (SSSR count). The van der Waals surface area contributed by atoms with E-state index in [1.807, 2.05) is 13.0 Å². The van der Waals surface area contributed by atoms with Gasteiger partial charge in [-0.05, 0) is 38.1 Å². The first-order chi connectivity index (χ1) is 16.2. The molecular weight excluding hydrogens is 406 g/mol. The van der Waals surface area contributed by atoms with E-state index in [9.17, 15) is 0 Å². The molecule has 0 aliphatic carbocycles. The van der Waals surface area contributed by atoms with Gasteiger partial charge in [0.05, 0.1) is 18.0 Å². The minimum absolute atomic E-state index is 0.679. The first kappa shape index (κ1) is 22.8. The summed E-state index contributed by atoms with van der Waals surface area (Å²) in [5.74, 6) is 1.97. The Morgan fingerprint density at radius 2 is 1.52 bits per heavy atom. The minimum atomic E-state index is 0.679. The standard InChI is InChI=1S/C29H33N3O/c1-4-19-32-27(22-31(3)21-23-13-12-18-26(20-23)33-5-2)28(24-14-8-6-9-15-24)30-29(32)25-16-10-7-11-17-25/h6-18,20H,4-5,19,21-22H2,1-3H3. The molecule has 1 aromatic heterocycles. The summed E-state index contributed by atoms with van der Waals surface area (Å²) in [5.41, 5.74) is 5.88. The summed E-state index contributed by atoms with van der Waals surface area (Å²) in [7, 11) is 2.17. The maximum atomic E-state index is 5.69. The van der Waals surface area contributed by atoms with E-state index in [1.165, 1.54) is 11.3 Å². The van der Waals surface area contributed by atoms with Crippen LogP contribution in [0.25, 0.3) is 22.6 Å². The number of rotatable bonds is 10. The SMILES string of the molecule is CCCn1c(-c2ccccc2)nc(-c2ccccc2)c1CN(C)Cc1cccc(OCC)c1. The van der Waals surface area contributed by atoms with Gasteiger partial charge in [-0.15, -0.1) is 0 Å². The van der Waals surface area contributed by atoms with Gasteiger partial charge in [0.25, 0.3) is 0 Å². The maximum absolute atomic E-state index is 5.69. The average molecular weight is 440 g/mol. The monoisotopic (exact) mass is 439 g/mol. The van der Waals surface area contributed by atoms with Gasteiger partial charge in [-0.25, -0.2) is 4.98 Å². The Hall–Kier alpha value is -3.37. The molecule has 0 spiro atoms. The van der Waals surface area contributed by atoms with Gasteiger partial charge in [0.2, 0.25) is 0 Å². The predicted molar refractivity (Wildman–Crippen MR) is 136 cm³/mol. The highest BCUT2D eigenvalue weighted by Crippen LogP contribution is 2.31. The van der Waals surface area contributed by atoms with Crippen LogP contribution in [0.2, 0.25) is 0 Å². The quantitative estimate of drug-likeness (QED) is 0.277. The number of benzene rings is 3. The molecule has 4 heteroatoms. The van der Waals surface area contributed by atoms with Gasteiger partial charge in [-0.2, -0.15) is 0 Å². The fourth-order valence-electron chi connectivity index (χ4n) is 4.27. The second kappa shape index (κ2) is 11.0. The third-order valence-corrected chi connectivity index (χ3v) is 5.68. The molecule has 3 aromatic carbocycles. The van der Waals surface area contributed by atoms with Crippen molar-refractivity contribution in [1.29, 1.82) is 0 Å².